The highest BCUT2D eigenvalue weighted by atomic mass is 32.1. The maximum Gasteiger partial charge on any atom is 0.0898 e. The summed E-state index contributed by atoms with van der Waals surface area (Å²) in [5, 5.41) is 3.30. The normalized spacial score (nSPS) is 14.3. The molecular formula is C13H25N3S. The SMILES string of the molecule is CCN(CC(C)(C)CN)C(C)c1csc(C)n1. The second-order valence-electron chi connectivity index (χ2n) is 5.40. The first-order valence-electron chi connectivity index (χ1n) is 6.25. The average molecular weight is 255 g/mol. The number of thiazole rings is 1. The minimum atomic E-state index is 0.162. The number of nitrogens with two attached hydrogens (primary N) is 1. The summed E-state index contributed by atoms with van der Waals surface area (Å²) >= 11 is 1.72. The largest absolute Gasteiger partial charge is 0.330 e. The molecule has 1 atom stereocenters. The summed E-state index contributed by atoms with van der Waals surface area (Å²) in [5.74, 6) is 0. The summed E-state index contributed by atoms with van der Waals surface area (Å²) in [6.45, 7) is 13.7. The van der Waals surface area contributed by atoms with Crippen LogP contribution in [0.5, 0.6) is 0 Å². The maximum atomic E-state index is 5.81. The van der Waals surface area contributed by atoms with Crippen LogP contribution >= 0.6 is 11.3 Å². The van der Waals surface area contributed by atoms with E-state index in [2.05, 4.69) is 49.9 Å². The van der Waals surface area contributed by atoms with Gasteiger partial charge in [0, 0.05) is 11.9 Å². The van der Waals surface area contributed by atoms with Gasteiger partial charge in [-0.1, -0.05) is 20.8 Å². The molecule has 0 saturated carbocycles. The Kier molecular flexibility index (Phi) is 5.10. The predicted molar refractivity (Wildman–Crippen MR) is 75.3 cm³/mol. The van der Waals surface area contributed by atoms with Gasteiger partial charge in [0.1, 0.15) is 0 Å². The van der Waals surface area contributed by atoms with Gasteiger partial charge in [0.05, 0.1) is 16.7 Å². The zero-order valence-corrected chi connectivity index (χ0v) is 12.5. The number of rotatable bonds is 6. The number of hydrogen-bond acceptors (Lipinski definition) is 4. The van der Waals surface area contributed by atoms with Gasteiger partial charge in [-0.15, -0.1) is 11.3 Å². The Balaban J connectivity index is 2.74. The Labute approximate surface area is 109 Å². The lowest BCUT2D eigenvalue weighted by atomic mass is 9.92. The second-order valence-corrected chi connectivity index (χ2v) is 6.46. The fourth-order valence-corrected chi connectivity index (χ4v) is 2.60. The summed E-state index contributed by atoms with van der Waals surface area (Å²) < 4.78 is 0. The molecule has 0 aromatic carbocycles. The van der Waals surface area contributed by atoms with Crippen LogP contribution in [0.3, 0.4) is 0 Å². The monoisotopic (exact) mass is 255 g/mol. The van der Waals surface area contributed by atoms with Gasteiger partial charge in [-0.05, 0) is 32.4 Å². The predicted octanol–water partition coefficient (Wildman–Crippen LogP) is 2.82. The average Bonchev–Trinajstić information content (AvgIpc) is 2.72. The molecule has 0 saturated heterocycles. The van der Waals surface area contributed by atoms with Crippen molar-refractivity contribution >= 4 is 11.3 Å². The molecule has 0 fully saturated rings. The molecule has 1 unspecified atom stereocenters. The van der Waals surface area contributed by atoms with Crippen molar-refractivity contribution in [1.82, 2.24) is 9.88 Å². The van der Waals surface area contributed by atoms with Crippen LogP contribution in [-0.4, -0.2) is 29.5 Å². The van der Waals surface area contributed by atoms with Gasteiger partial charge in [-0.25, -0.2) is 4.98 Å². The molecule has 0 aliphatic rings. The molecule has 3 nitrogen and oxygen atoms in total. The molecule has 4 heteroatoms. The Hall–Kier alpha value is -0.450. The van der Waals surface area contributed by atoms with E-state index < -0.39 is 0 Å². The second kappa shape index (κ2) is 5.94. The maximum absolute atomic E-state index is 5.81. The first-order valence-corrected chi connectivity index (χ1v) is 7.13. The summed E-state index contributed by atoms with van der Waals surface area (Å²) in [4.78, 5) is 7.03. The first kappa shape index (κ1) is 14.6. The van der Waals surface area contributed by atoms with E-state index in [0.717, 1.165) is 18.1 Å². The summed E-state index contributed by atoms with van der Waals surface area (Å²) in [5.41, 5.74) is 7.16. The van der Waals surface area contributed by atoms with E-state index in [1.165, 1.54) is 5.69 Å². The molecule has 0 spiro atoms. The zero-order valence-electron chi connectivity index (χ0n) is 11.7. The molecule has 1 aromatic heterocycles. The van der Waals surface area contributed by atoms with Crippen LogP contribution in [0.1, 0.15) is 44.4 Å². The topological polar surface area (TPSA) is 42.1 Å². The summed E-state index contributed by atoms with van der Waals surface area (Å²) in [6.07, 6.45) is 0. The summed E-state index contributed by atoms with van der Waals surface area (Å²) in [7, 11) is 0. The lowest BCUT2D eigenvalue weighted by Gasteiger charge is -2.34. The minimum absolute atomic E-state index is 0.162. The van der Waals surface area contributed by atoms with E-state index in [0.29, 0.717) is 12.6 Å². The van der Waals surface area contributed by atoms with Crippen molar-refractivity contribution in [3.8, 4) is 0 Å². The molecule has 0 amide bonds. The van der Waals surface area contributed by atoms with Crippen LogP contribution < -0.4 is 5.73 Å². The van der Waals surface area contributed by atoms with Crippen LogP contribution in [-0.2, 0) is 0 Å². The van der Waals surface area contributed by atoms with Gasteiger partial charge in [-0.3, -0.25) is 4.90 Å². The first-order chi connectivity index (χ1) is 7.89. The third kappa shape index (κ3) is 4.05. The molecular weight excluding hydrogens is 230 g/mol. The highest BCUT2D eigenvalue weighted by molar-refractivity contribution is 7.09. The van der Waals surface area contributed by atoms with Gasteiger partial charge >= 0.3 is 0 Å². The van der Waals surface area contributed by atoms with Gasteiger partial charge in [-0.2, -0.15) is 0 Å². The zero-order chi connectivity index (χ0) is 13.1. The quantitative estimate of drug-likeness (QED) is 0.850. The molecule has 0 aliphatic carbocycles. The third-order valence-corrected chi connectivity index (χ3v) is 3.99. The smallest absolute Gasteiger partial charge is 0.0898 e. The molecule has 17 heavy (non-hydrogen) atoms. The number of aromatic nitrogens is 1. The number of nitrogens with zero attached hydrogens (tertiary/aromatic N) is 2. The fraction of sp³-hybridized carbons (Fsp3) is 0.769. The number of aryl methyl sites for hydroxylation is 1. The minimum Gasteiger partial charge on any atom is -0.330 e. The van der Waals surface area contributed by atoms with Crippen LogP contribution in [0.4, 0.5) is 0 Å². The molecule has 0 radical (unpaired) electrons. The molecule has 0 aliphatic heterocycles. The van der Waals surface area contributed by atoms with Gasteiger partial charge in [0.2, 0.25) is 0 Å². The molecule has 98 valence electrons. The van der Waals surface area contributed by atoms with E-state index in [4.69, 9.17) is 5.73 Å². The van der Waals surface area contributed by atoms with Crippen LogP contribution in [0.15, 0.2) is 5.38 Å². The van der Waals surface area contributed by atoms with Crippen molar-refractivity contribution in [2.45, 2.75) is 40.7 Å². The van der Waals surface area contributed by atoms with E-state index >= 15 is 0 Å². The Morgan fingerprint density at radius 3 is 2.59 bits per heavy atom. The molecule has 0 bridgehead atoms. The van der Waals surface area contributed by atoms with Crippen LogP contribution in [0.2, 0.25) is 0 Å². The van der Waals surface area contributed by atoms with Crippen LogP contribution in [0.25, 0.3) is 0 Å². The van der Waals surface area contributed by atoms with E-state index in [9.17, 15) is 0 Å². The van der Waals surface area contributed by atoms with E-state index in [1.807, 2.05) is 0 Å². The van der Waals surface area contributed by atoms with Gasteiger partial charge in [0.25, 0.3) is 0 Å². The Bertz CT molecular complexity index is 346. The van der Waals surface area contributed by atoms with Crippen molar-refractivity contribution in [2.24, 2.45) is 11.1 Å². The Morgan fingerprint density at radius 2 is 2.18 bits per heavy atom. The van der Waals surface area contributed by atoms with Gasteiger partial charge in [0.15, 0.2) is 0 Å². The van der Waals surface area contributed by atoms with Crippen LogP contribution in [0, 0.1) is 12.3 Å². The van der Waals surface area contributed by atoms with Crippen molar-refractivity contribution in [3.63, 3.8) is 0 Å². The van der Waals surface area contributed by atoms with Crippen molar-refractivity contribution < 1.29 is 0 Å². The van der Waals surface area contributed by atoms with Crippen molar-refractivity contribution in [1.29, 1.82) is 0 Å². The van der Waals surface area contributed by atoms with Crippen molar-refractivity contribution in [2.75, 3.05) is 19.6 Å². The van der Waals surface area contributed by atoms with E-state index in [-0.39, 0.29) is 5.41 Å². The van der Waals surface area contributed by atoms with Gasteiger partial charge < -0.3 is 5.73 Å². The molecule has 2 N–H and O–H groups in total. The van der Waals surface area contributed by atoms with Crippen molar-refractivity contribution in [3.05, 3.63) is 16.1 Å². The highest BCUT2D eigenvalue weighted by Gasteiger charge is 2.24. The molecule has 1 aromatic rings. The molecule has 1 rings (SSSR count). The highest BCUT2D eigenvalue weighted by Crippen LogP contribution is 2.25. The number of hydrogen-bond donors (Lipinski definition) is 1. The summed E-state index contributed by atoms with van der Waals surface area (Å²) in [6, 6.07) is 0.371. The lowest BCUT2D eigenvalue weighted by molar-refractivity contribution is 0.146. The third-order valence-electron chi connectivity index (χ3n) is 3.20. The molecule has 1 heterocycles. The van der Waals surface area contributed by atoms with E-state index in [1.54, 1.807) is 11.3 Å². The standard InChI is InChI=1S/C13H25N3S/c1-6-16(9-13(4,5)8-14)10(2)12-7-17-11(3)15-12/h7,10H,6,8-9,14H2,1-5H3. The fourth-order valence-electron chi connectivity index (χ4n) is 1.90. The Morgan fingerprint density at radius 1 is 1.53 bits per heavy atom. The lowest BCUT2D eigenvalue weighted by Crippen LogP contribution is -2.40.